The van der Waals surface area contributed by atoms with Crippen molar-refractivity contribution in [1.82, 2.24) is 9.47 Å². The summed E-state index contributed by atoms with van der Waals surface area (Å²) in [6.07, 6.45) is 8.39. The molecule has 0 spiro atoms. The fourth-order valence-electron chi connectivity index (χ4n) is 3.48. The minimum absolute atomic E-state index is 0.244. The highest BCUT2D eigenvalue weighted by molar-refractivity contribution is 5.93. The summed E-state index contributed by atoms with van der Waals surface area (Å²) in [6, 6.07) is 4.21. The molecule has 0 N–H and O–H groups in total. The van der Waals surface area contributed by atoms with Crippen molar-refractivity contribution in [3.05, 3.63) is 35.7 Å². The van der Waals surface area contributed by atoms with Crippen LogP contribution in [0, 0.1) is 5.92 Å². The van der Waals surface area contributed by atoms with Crippen LogP contribution < -0.4 is 0 Å². The van der Waals surface area contributed by atoms with E-state index < -0.39 is 0 Å². The number of carbonyl (C=O) groups excluding carboxylic acids is 1. The van der Waals surface area contributed by atoms with Crippen LogP contribution in [-0.2, 0) is 22.6 Å². The SMILES string of the molecule is CCOCC[C@H]1CN(C(=O)C2=CCCC2)Cc2cccn2C1. The first kappa shape index (κ1) is 15.3. The molecular weight excluding hydrogens is 276 g/mol. The summed E-state index contributed by atoms with van der Waals surface area (Å²) >= 11 is 0. The molecule has 1 aromatic heterocycles. The molecule has 0 saturated heterocycles. The number of amides is 1. The molecule has 0 unspecified atom stereocenters. The zero-order chi connectivity index (χ0) is 15.4. The van der Waals surface area contributed by atoms with Crippen LogP contribution in [0.5, 0.6) is 0 Å². The van der Waals surface area contributed by atoms with Crippen LogP contribution >= 0.6 is 0 Å². The van der Waals surface area contributed by atoms with Gasteiger partial charge in [-0.05, 0) is 50.7 Å². The molecule has 120 valence electrons. The van der Waals surface area contributed by atoms with Gasteiger partial charge in [0.15, 0.2) is 0 Å². The maximum atomic E-state index is 12.8. The number of ether oxygens (including phenoxy) is 1. The van der Waals surface area contributed by atoms with E-state index in [1.807, 2.05) is 11.8 Å². The second kappa shape index (κ2) is 7.14. The Labute approximate surface area is 132 Å². The predicted molar refractivity (Wildman–Crippen MR) is 86.4 cm³/mol. The van der Waals surface area contributed by atoms with Crippen molar-refractivity contribution in [1.29, 1.82) is 0 Å². The monoisotopic (exact) mass is 302 g/mol. The molecule has 0 fully saturated rings. The average Bonchev–Trinajstić information content (AvgIpc) is 3.16. The van der Waals surface area contributed by atoms with Crippen LogP contribution in [0.2, 0.25) is 0 Å². The van der Waals surface area contributed by atoms with Gasteiger partial charge in [-0.2, -0.15) is 0 Å². The lowest BCUT2D eigenvalue weighted by atomic mass is 10.0. The van der Waals surface area contributed by atoms with Crippen LogP contribution in [0.25, 0.3) is 0 Å². The standard InChI is InChI=1S/C18H26N2O2/c1-2-22-11-9-15-12-19-10-5-8-17(19)14-20(13-15)18(21)16-6-3-4-7-16/h5-6,8,10,15H,2-4,7,9,11-14H2,1H3/t15-/m1/s1. The summed E-state index contributed by atoms with van der Waals surface area (Å²) in [4.78, 5) is 14.8. The smallest absolute Gasteiger partial charge is 0.249 e. The number of rotatable bonds is 5. The number of fused-ring (bicyclic) bond motifs is 1. The molecule has 1 atom stereocenters. The Morgan fingerprint density at radius 2 is 2.32 bits per heavy atom. The third-order valence-corrected chi connectivity index (χ3v) is 4.69. The first-order valence-electron chi connectivity index (χ1n) is 8.48. The quantitative estimate of drug-likeness (QED) is 0.784. The van der Waals surface area contributed by atoms with Crippen molar-refractivity contribution in [2.24, 2.45) is 5.92 Å². The lowest BCUT2D eigenvalue weighted by Crippen LogP contribution is -2.35. The maximum Gasteiger partial charge on any atom is 0.249 e. The van der Waals surface area contributed by atoms with E-state index in [0.717, 1.165) is 64.1 Å². The van der Waals surface area contributed by atoms with E-state index in [-0.39, 0.29) is 5.91 Å². The molecule has 3 rings (SSSR count). The Hall–Kier alpha value is -1.55. The van der Waals surface area contributed by atoms with Gasteiger partial charge in [-0.3, -0.25) is 4.79 Å². The molecule has 22 heavy (non-hydrogen) atoms. The van der Waals surface area contributed by atoms with Gasteiger partial charge in [0.05, 0.1) is 6.54 Å². The van der Waals surface area contributed by atoms with E-state index in [1.165, 1.54) is 5.69 Å². The summed E-state index contributed by atoms with van der Waals surface area (Å²) in [6.45, 7) is 6.12. The Kier molecular flexibility index (Phi) is 4.98. The fraction of sp³-hybridized carbons (Fsp3) is 0.611. The zero-order valence-electron chi connectivity index (χ0n) is 13.5. The molecule has 0 bridgehead atoms. The van der Waals surface area contributed by atoms with Crippen molar-refractivity contribution >= 4 is 5.91 Å². The molecule has 1 aliphatic heterocycles. The van der Waals surface area contributed by atoms with Crippen LogP contribution in [0.4, 0.5) is 0 Å². The highest BCUT2D eigenvalue weighted by atomic mass is 16.5. The van der Waals surface area contributed by atoms with Gasteiger partial charge < -0.3 is 14.2 Å². The molecule has 2 aliphatic rings. The van der Waals surface area contributed by atoms with Crippen molar-refractivity contribution in [2.45, 2.75) is 45.7 Å². The largest absolute Gasteiger partial charge is 0.382 e. The topological polar surface area (TPSA) is 34.5 Å². The lowest BCUT2D eigenvalue weighted by molar-refractivity contribution is -0.128. The average molecular weight is 302 g/mol. The molecule has 2 heterocycles. The van der Waals surface area contributed by atoms with Crippen molar-refractivity contribution < 1.29 is 9.53 Å². The summed E-state index contributed by atoms with van der Waals surface area (Å²) in [5, 5.41) is 0. The normalized spacial score (nSPS) is 21.4. The number of carbonyl (C=O) groups is 1. The molecule has 1 aliphatic carbocycles. The van der Waals surface area contributed by atoms with E-state index in [9.17, 15) is 4.79 Å². The summed E-state index contributed by atoms with van der Waals surface area (Å²) in [7, 11) is 0. The second-order valence-corrected chi connectivity index (χ2v) is 6.31. The van der Waals surface area contributed by atoms with Crippen LogP contribution in [-0.4, -0.2) is 35.1 Å². The molecule has 0 radical (unpaired) electrons. The second-order valence-electron chi connectivity index (χ2n) is 6.31. The van der Waals surface area contributed by atoms with Gasteiger partial charge in [-0.25, -0.2) is 0 Å². The van der Waals surface area contributed by atoms with Gasteiger partial charge in [-0.15, -0.1) is 0 Å². The van der Waals surface area contributed by atoms with Crippen LogP contribution in [0.3, 0.4) is 0 Å². The van der Waals surface area contributed by atoms with Crippen molar-refractivity contribution in [3.8, 4) is 0 Å². The minimum atomic E-state index is 0.244. The highest BCUT2D eigenvalue weighted by Gasteiger charge is 2.27. The molecule has 0 saturated carbocycles. The maximum absolute atomic E-state index is 12.8. The number of nitrogens with zero attached hydrogens (tertiary/aromatic N) is 2. The Morgan fingerprint density at radius 3 is 3.09 bits per heavy atom. The van der Waals surface area contributed by atoms with E-state index in [1.54, 1.807) is 0 Å². The summed E-state index contributed by atoms with van der Waals surface area (Å²) < 4.78 is 7.82. The third kappa shape index (κ3) is 3.43. The summed E-state index contributed by atoms with van der Waals surface area (Å²) in [5.74, 6) is 0.708. The Morgan fingerprint density at radius 1 is 1.41 bits per heavy atom. The first-order chi connectivity index (χ1) is 10.8. The van der Waals surface area contributed by atoms with Crippen molar-refractivity contribution in [2.75, 3.05) is 19.8 Å². The number of allylic oxidation sites excluding steroid dienone is 1. The van der Waals surface area contributed by atoms with Crippen molar-refractivity contribution in [3.63, 3.8) is 0 Å². The fourth-order valence-corrected chi connectivity index (χ4v) is 3.48. The van der Waals surface area contributed by atoms with Crippen LogP contribution in [0.15, 0.2) is 30.0 Å². The van der Waals surface area contributed by atoms with Gasteiger partial charge in [0, 0.05) is 43.8 Å². The van der Waals surface area contributed by atoms with Gasteiger partial charge in [-0.1, -0.05) is 6.08 Å². The molecule has 1 aromatic rings. The lowest BCUT2D eigenvalue weighted by Gasteiger charge is -2.24. The highest BCUT2D eigenvalue weighted by Crippen LogP contribution is 2.25. The minimum Gasteiger partial charge on any atom is -0.382 e. The molecule has 4 nitrogen and oxygen atoms in total. The van der Waals surface area contributed by atoms with Gasteiger partial charge in [0.25, 0.3) is 0 Å². The number of aromatic nitrogens is 1. The van der Waals surface area contributed by atoms with Gasteiger partial charge >= 0.3 is 0 Å². The third-order valence-electron chi connectivity index (χ3n) is 4.69. The number of hydrogen-bond acceptors (Lipinski definition) is 2. The van der Waals surface area contributed by atoms with E-state index in [0.29, 0.717) is 5.92 Å². The van der Waals surface area contributed by atoms with E-state index in [4.69, 9.17) is 4.74 Å². The zero-order valence-corrected chi connectivity index (χ0v) is 13.5. The van der Waals surface area contributed by atoms with Gasteiger partial charge in [0.1, 0.15) is 0 Å². The van der Waals surface area contributed by atoms with Gasteiger partial charge in [0.2, 0.25) is 5.91 Å². The van der Waals surface area contributed by atoms with Crippen LogP contribution in [0.1, 0.15) is 38.3 Å². The predicted octanol–water partition coefficient (Wildman–Crippen LogP) is 2.98. The molecule has 4 heteroatoms. The molecule has 0 aromatic carbocycles. The molecular formula is C18H26N2O2. The Balaban J connectivity index is 1.73. The Bertz CT molecular complexity index is 547. The van der Waals surface area contributed by atoms with E-state index in [2.05, 4.69) is 29.0 Å². The van der Waals surface area contributed by atoms with E-state index >= 15 is 0 Å². The number of hydrogen-bond donors (Lipinski definition) is 0. The summed E-state index contributed by atoms with van der Waals surface area (Å²) in [5.41, 5.74) is 2.26. The first-order valence-corrected chi connectivity index (χ1v) is 8.48. The molecule has 1 amide bonds.